The number of ketones is 1. The van der Waals surface area contributed by atoms with Crippen LogP contribution in [-0.2, 0) is 9.47 Å². The van der Waals surface area contributed by atoms with Crippen molar-refractivity contribution in [2.75, 3.05) is 81.2 Å². The number of halogens is 1. The first kappa shape index (κ1) is 32.3. The van der Waals surface area contributed by atoms with Crippen LogP contribution in [0.25, 0.3) is 16.6 Å². The number of ether oxygens (including phenoxy) is 3. The van der Waals surface area contributed by atoms with Crippen molar-refractivity contribution >= 4 is 33.9 Å². The van der Waals surface area contributed by atoms with E-state index in [1.165, 1.54) is 28.3 Å². The van der Waals surface area contributed by atoms with Crippen LogP contribution in [0.15, 0.2) is 66.9 Å². The van der Waals surface area contributed by atoms with Gasteiger partial charge in [-0.15, -0.1) is 0 Å². The number of anilines is 3. The monoisotopic (exact) mass is 679 g/mol. The Morgan fingerprint density at radius 1 is 0.880 bits per heavy atom. The number of aryl methyl sites for hydroxylation is 1. The molecule has 12 heteroatoms. The van der Waals surface area contributed by atoms with E-state index in [-0.39, 0.29) is 17.4 Å². The molecule has 3 N–H and O–H groups in total. The highest BCUT2D eigenvalue weighted by Gasteiger charge is 2.29. The maximum Gasteiger partial charge on any atom is 0.214 e. The topological polar surface area (TPSA) is 114 Å². The second-order valence-electron chi connectivity index (χ2n) is 13.2. The van der Waals surface area contributed by atoms with E-state index < -0.39 is 5.82 Å². The Balaban J connectivity index is 1.05. The molecule has 0 unspecified atom stereocenters. The number of hydrogen-bond donors (Lipinski definition) is 2. The summed E-state index contributed by atoms with van der Waals surface area (Å²) < 4.78 is 32.8. The summed E-state index contributed by atoms with van der Waals surface area (Å²) in [6.07, 6.45) is 3.73. The first-order valence-electron chi connectivity index (χ1n) is 17.4. The van der Waals surface area contributed by atoms with Gasteiger partial charge in [0.2, 0.25) is 5.78 Å². The molecular weight excluding hydrogens is 637 g/mol. The Morgan fingerprint density at radius 3 is 2.32 bits per heavy atom. The number of aromatic nitrogens is 3. The maximum atomic E-state index is 14.2. The number of fused-ring (bicyclic) bond motifs is 1. The van der Waals surface area contributed by atoms with Crippen molar-refractivity contribution in [3.8, 4) is 17.2 Å². The number of nitrogens with one attached hydrogen (secondary N) is 1. The molecule has 8 rings (SSSR count). The standard InChI is InChI=1S/C38H42FN7O4/c1-25-20-28(6-7-35(25)50-36-5-3-2-4-30(36)39)46-38(40)29(24-41-46)37(47)32-21-26-22-33(45-14-18-49-19-15-45)34(23-31(26)42-32)44-10-8-27(9-11-44)43-12-16-48-17-13-43/h2-7,20-24,27,42H,8-19,40H2,1H3. The van der Waals surface area contributed by atoms with Crippen LogP contribution in [0, 0.1) is 12.7 Å². The van der Waals surface area contributed by atoms with Crippen LogP contribution in [0.4, 0.5) is 21.6 Å². The molecule has 0 atom stereocenters. The van der Waals surface area contributed by atoms with Crippen molar-refractivity contribution in [3.05, 3.63) is 89.5 Å². The quantitative estimate of drug-likeness (QED) is 0.204. The fraction of sp³-hybridized carbons (Fsp3) is 0.368. The number of aromatic amines is 1. The van der Waals surface area contributed by atoms with Gasteiger partial charge in [-0.05, 0) is 73.9 Å². The van der Waals surface area contributed by atoms with E-state index in [4.69, 9.17) is 19.9 Å². The normalized spacial score (nSPS) is 17.8. The molecule has 3 saturated heterocycles. The molecule has 260 valence electrons. The zero-order valence-corrected chi connectivity index (χ0v) is 28.2. The number of hydrogen-bond acceptors (Lipinski definition) is 9. The van der Waals surface area contributed by atoms with E-state index in [2.05, 4.69) is 36.9 Å². The Bertz CT molecular complexity index is 2010. The summed E-state index contributed by atoms with van der Waals surface area (Å²) in [5.41, 5.74) is 12.0. The fourth-order valence-electron chi connectivity index (χ4n) is 7.41. The molecule has 5 aromatic rings. The fourth-order valence-corrected chi connectivity index (χ4v) is 7.41. The van der Waals surface area contributed by atoms with Gasteiger partial charge in [0.15, 0.2) is 11.6 Å². The van der Waals surface area contributed by atoms with E-state index in [1.807, 2.05) is 19.1 Å². The van der Waals surface area contributed by atoms with Crippen LogP contribution in [0.2, 0.25) is 0 Å². The minimum atomic E-state index is -0.440. The van der Waals surface area contributed by atoms with Gasteiger partial charge in [0, 0.05) is 56.2 Å². The number of rotatable bonds is 8. The molecule has 50 heavy (non-hydrogen) atoms. The van der Waals surface area contributed by atoms with Crippen LogP contribution in [0.1, 0.15) is 34.5 Å². The SMILES string of the molecule is Cc1cc(-n2ncc(C(=O)c3cc4cc(N5CCOCC5)c(N5CCC(N6CCOCC6)CC5)cc4[nH]3)c2N)ccc1Oc1ccccc1F. The van der Waals surface area contributed by atoms with Crippen molar-refractivity contribution in [3.63, 3.8) is 0 Å². The highest BCUT2D eigenvalue weighted by atomic mass is 19.1. The number of carbonyl (C=O) groups is 1. The predicted molar refractivity (Wildman–Crippen MR) is 192 cm³/mol. The van der Waals surface area contributed by atoms with Crippen LogP contribution in [0.3, 0.4) is 0 Å². The Morgan fingerprint density at radius 2 is 1.58 bits per heavy atom. The van der Waals surface area contributed by atoms with Gasteiger partial charge < -0.3 is 34.7 Å². The molecule has 5 heterocycles. The molecule has 0 amide bonds. The largest absolute Gasteiger partial charge is 0.454 e. The lowest BCUT2D eigenvalue weighted by atomic mass is 10.0. The number of piperidine rings is 1. The average Bonchev–Trinajstić information content (AvgIpc) is 3.76. The van der Waals surface area contributed by atoms with Crippen molar-refractivity contribution < 1.29 is 23.4 Å². The summed E-state index contributed by atoms with van der Waals surface area (Å²) in [5, 5.41) is 5.43. The molecule has 0 aliphatic carbocycles. The van der Waals surface area contributed by atoms with Crippen LogP contribution in [-0.4, -0.2) is 97.2 Å². The van der Waals surface area contributed by atoms with Crippen molar-refractivity contribution in [1.82, 2.24) is 19.7 Å². The third kappa shape index (κ3) is 6.30. The van der Waals surface area contributed by atoms with E-state index >= 15 is 0 Å². The van der Waals surface area contributed by atoms with Gasteiger partial charge in [0.05, 0.1) is 60.9 Å². The highest BCUT2D eigenvalue weighted by molar-refractivity contribution is 6.13. The maximum absolute atomic E-state index is 14.2. The minimum absolute atomic E-state index is 0.144. The lowest BCUT2D eigenvalue weighted by Gasteiger charge is -2.42. The number of benzene rings is 3. The van der Waals surface area contributed by atoms with E-state index in [9.17, 15) is 9.18 Å². The van der Waals surface area contributed by atoms with E-state index in [1.54, 1.807) is 30.3 Å². The first-order chi connectivity index (χ1) is 24.4. The molecule has 2 aromatic heterocycles. The van der Waals surface area contributed by atoms with Gasteiger partial charge in [-0.2, -0.15) is 5.10 Å². The Labute approximate surface area is 290 Å². The van der Waals surface area contributed by atoms with Gasteiger partial charge in [0.1, 0.15) is 11.6 Å². The first-order valence-corrected chi connectivity index (χ1v) is 17.4. The lowest BCUT2D eigenvalue weighted by Crippen LogP contribution is -2.49. The lowest BCUT2D eigenvalue weighted by molar-refractivity contribution is 0.0115. The summed E-state index contributed by atoms with van der Waals surface area (Å²) in [6, 6.07) is 18.5. The summed E-state index contributed by atoms with van der Waals surface area (Å²) >= 11 is 0. The number of carbonyl (C=O) groups excluding carboxylic acids is 1. The molecule has 0 radical (unpaired) electrons. The third-order valence-corrected chi connectivity index (χ3v) is 10.2. The van der Waals surface area contributed by atoms with Gasteiger partial charge in [-0.1, -0.05) is 12.1 Å². The molecule has 0 spiro atoms. The smallest absolute Gasteiger partial charge is 0.214 e. The number of nitrogens with zero attached hydrogens (tertiary/aromatic N) is 5. The molecule has 3 aliphatic rings. The van der Waals surface area contributed by atoms with Gasteiger partial charge in [-0.25, -0.2) is 9.07 Å². The molecular formula is C38H42FN7O4. The number of H-pyrrole nitrogens is 1. The zero-order valence-electron chi connectivity index (χ0n) is 28.2. The summed E-state index contributed by atoms with van der Waals surface area (Å²) in [5.74, 6) is 0.211. The molecule has 0 saturated carbocycles. The molecule has 3 aromatic carbocycles. The van der Waals surface area contributed by atoms with Crippen molar-refractivity contribution in [1.29, 1.82) is 0 Å². The van der Waals surface area contributed by atoms with Crippen LogP contribution < -0.4 is 20.3 Å². The number of nitrogens with two attached hydrogens (primary N) is 1. The van der Waals surface area contributed by atoms with Crippen LogP contribution in [0.5, 0.6) is 11.5 Å². The molecule has 3 fully saturated rings. The second-order valence-corrected chi connectivity index (χ2v) is 13.2. The van der Waals surface area contributed by atoms with Crippen LogP contribution >= 0.6 is 0 Å². The third-order valence-electron chi connectivity index (χ3n) is 10.2. The highest BCUT2D eigenvalue weighted by Crippen LogP contribution is 2.37. The molecule has 11 nitrogen and oxygen atoms in total. The van der Waals surface area contributed by atoms with E-state index in [0.29, 0.717) is 41.9 Å². The molecule has 0 bridgehead atoms. The number of nitrogen functional groups attached to an aromatic ring is 1. The summed E-state index contributed by atoms with van der Waals surface area (Å²) in [4.78, 5) is 24.8. The zero-order chi connectivity index (χ0) is 34.2. The average molecular weight is 680 g/mol. The Hall–Kier alpha value is -4.91. The van der Waals surface area contributed by atoms with Gasteiger partial charge >= 0.3 is 0 Å². The summed E-state index contributed by atoms with van der Waals surface area (Å²) in [7, 11) is 0. The van der Waals surface area contributed by atoms with E-state index in [0.717, 1.165) is 81.8 Å². The Kier molecular flexibility index (Phi) is 8.90. The van der Waals surface area contributed by atoms with Gasteiger partial charge in [-0.3, -0.25) is 9.69 Å². The number of morpholine rings is 2. The van der Waals surface area contributed by atoms with Gasteiger partial charge in [0.25, 0.3) is 0 Å². The summed E-state index contributed by atoms with van der Waals surface area (Å²) in [6.45, 7) is 10.5. The van der Waals surface area contributed by atoms with Crippen molar-refractivity contribution in [2.24, 2.45) is 0 Å². The molecule has 3 aliphatic heterocycles. The van der Waals surface area contributed by atoms with Crippen molar-refractivity contribution in [2.45, 2.75) is 25.8 Å². The second kappa shape index (κ2) is 13.8. The number of para-hydroxylation sites is 1. The predicted octanol–water partition coefficient (Wildman–Crippen LogP) is 5.54. The minimum Gasteiger partial charge on any atom is -0.454 e.